The Kier molecular flexibility index (Phi) is 6.34. The predicted molar refractivity (Wildman–Crippen MR) is 169 cm³/mol. The molecule has 0 aliphatic rings. The topological polar surface area (TPSA) is 47.6 Å². The monoisotopic (exact) mass is 553 g/mol. The molecule has 0 aromatic heterocycles. The number of hydrogen-bond acceptors (Lipinski definition) is 4. The van der Waals surface area contributed by atoms with Gasteiger partial charge in [-0.15, -0.1) is 0 Å². The van der Waals surface area contributed by atoms with Crippen molar-refractivity contribution in [2.24, 2.45) is 0 Å². The molecule has 7 aromatic rings. The number of anilines is 1. The van der Waals surface area contributed by atoms with Crippen LogP contribution < -0.4 is 14.4 Å². The average Bonchev–Trinajstić information content (AvgIpc) is 3.00. The van der Waals surface area contributed by atoms with E-state index in [0.717, 1.165) is 33.0 Å². The molecule has 0 fully saturated rings. The number of nitrogens with one attached hydrogen (secondary N) is 1. The van der Waals surface area contributed by atoms with Crippen molar-refractivity contribution in [1.29, 1.82) is 0 Å². The average molecular weight is 554 g/mol. The highest BCUT2D eigenvalue weighted by Gasteiger charge is 2.42. The van der Waals surface area contributed by atoms with Crippen molar-refractivity contribution >= 4 is 45.6 Å². The molecule has 0 bridgehead atoms. The Balaban J connectivity index is 1.47. The smallest absolute Gasteiger partial charge is 0.414 e. The molecular formula is C36H28NO3P. The number of aryl methyl sites for hydroxylation is 1. The highest BCUT2D eigenvalue weighted by molar-refractivity contribution is 7.55. The van der Waals surface area contributed by atoms with E-state index in [9.17, 15) is 0 Å². The van der Waals surface area contributed by atoms with Crippen LogP contribution in [0.3, 0.4) is 0 Å². The zero-order valence-corrected chi connectivity index (χ0v) is 23.4. The van der Waals surface area contributed by atoms with Crippen molar-refractivity contribution in [3.8, 4) is 11.5 Å². The first-order valence-electron chi connectivity index (χ1n) is 13.7. The third-order valence-electron chi connectivity index (χ3n) is 7.48. The van der Waals surface area contributed by atoms with Gasteiger partial charge in [0.15, 0.2) is 5.78 Å². The van der Waals surface area contributed by atoms with Crippen LogP contribution in [0.25, 0.3) is 32.3 Å². The van der Waals surface area contributed by atoms with Gasteiger partial charge in [0.1, 0.15) is 11.5 Å². The molecule has 0 radical (unpaired) electrons. The highest BCUT2D eigenvalue weighted by atomic mass is 31.2. The quantitative estimate of drug-likeness (QED) is 0.150. The molecule has 1 atom stereocenters. The first-order chi connectivity index (χ1) is 20.1. The minimum absolute atomic E-state index is 0.472. The highest BCUT2D eigenvalue weighted by Crippen LogP contribution is 2.61. The number of benzene rings is 7. The number of rotatable bonds is 8. The van der Waals surface area contributed by atoms with Crippen molar-refractivity contribution in [2.75, 3.05) is 5.32 Å². The van der Waals surface area contributed by atoms with Crippen molar-refractivity contribution in [3.05, 3.63) is 151 Å². The molecule has 0 heterocycles. The maximum atomic E-state index is 15.3. The Morgan fingerprint density at radius 1 is 0.561 bits per heavy atom. The Morgan fingerprint density at radius 3 is 1.71 bits per heavy atom. The van der Waals surface area contributed by atoms with Crippen molar-refractivity contribution in [1.82, 2.24) is 0 Å². The molecule has 7 rings (SSSR count). The summed E-state index contributed by atoms with van der Waals surface area (Å²) >= 11 is 0. The minimum Gasteiger partial charge on any atom is -0.414 e. The SMILES string of the molecule is Cc1ccc(NC(c2ccc3ccc4cccc5ccc2c3c45)P(=O)(Oc2ccccc2)Oc2ccccc2)cc1. The number of para-hydroxylation sites is 2. The molecule has 0 spiro atoms. The van der Waals surface area contributed by atoms with Crippen LogP contribution in [-0.2, 0) is 4.57 Å². The molecule has 5 heteroatoms. The molecule has 0 aliphatic carbocycles. The molecule has 41 heavy (non-hydrogen) atoms. The van der Waals surface area contributed by atoms with Crippen LogP contribution in [0.4, 0.5) is 5.69 Å². The van der Waals surface area contributed by atoms with Crippen molar-refractivity contribution in [3.63, 3.8) is 0 Å². The van der Waals surface area contributed by atoms with Crippen LogP contribution in [-0.4, -0.2) is 0 Å². The van der Waals surface area contributed by atoms with Gasteiger partial charge >= 0.3 is 7.60 Å². The Hall–Kier alpha value is -4.79. The summed E-state index contributed by atoms with van der Waals surface area (Å²) in [6.45, 7) is 2.05. The van der Waals surface area contributed by atoms with E-state index in [0.29, 0.717) is 11.5 Å². The summed E-state index contributed by atoms with van der Waals surface area (Å²) in [5.41, 5.74) is 2.80. The first-order valence-corrected chi connectivity index (χ1v) is 15.3. The molecule has 7 aromatic carbocycles. The van der Waals surface area contributed by atoms with Crippen molar-refractivity contribution in [2.45, 2.75) is 12.7 Å². The van der Waals surface area contributed by atoms with Crippen LogP contribution in [0, 0.1) is 6.92 Å². The van der Waals surface area contributed by atoms with Gasteiger partial charge < -0.3 is 14.4 Å². The van der Waals surface area contributed by atoms with Crippen LogP contribution in [0.5, 0.6) is 11.5 Å². The molecule has 200 valence electrons. The largest absolute Gasteiger partial charge is 0.457 e. The van der Waals surface area contributed by atoms with E-state index in [-0.39, 0.29) is 0 Å². The standard InChI is InChI=1S/C36H28NO3P/c1-25-15-21-29(22-16-25)37-36(41(38,39-30-11-4-2-5-12-30)40-31-13-6-3-7-14-31)33-24-20-28-18-17-26-9-8-10-27-19-23-32(33)35(28)34(26)27/h2-24,36-37H,1H3. The van der Waals surface area contributed by atoms with E-state index < -0.39 is 13.4 Å². The second-order valence-corrected chi connectivity index (χ2v) is 12.2. The van der Waals surface area contributed by atoms with E-state index in [1.54, 1.807) is 24.3 Å². The third kappa shape index (κ3) is 4.77. The maximum Gasteiger partial charge on any atom is 0.457 e. The summed E-state index contributed by atoms with van der Waals surface area (Å²) in [5, 5.41) is 10.4. The van der Waals surface area contributed by atoms with Crippen LogP contribution >= 0.6 is 7.60 Å². The minimum atomic E-state index is -3.98. The molecule has 0 amide bonds. The van der Waals surface area contributed by atoms with Gasteiger partial charge in [-0.1, -0.05) is 109 Å². The lowest BCUT2D eigenvalue weighted by Gasteiger charge is -2.30. The van der Waals surface area contributed by atoms with E-state index in [4.69, 9.17) is 9.05 Å². The third-order valence-corrected chi connectivity index (χ3v) is 9.45. The summed E-state index contributed by atoms with van der Waals surface area (Å²) in [6.07, 6.45) is 0. The fourth-order valence-corrected chi connectivity index (χ4v) is 7.46. The van der Waals surface area contributed by atoms with E-state index in [2.05, 4.69) is 53.8 Å². The zero-order valence-electron chi connectivity index (χ0n) is 22.5. The van der Waals surface area contributed by atoms with Gasteiger partial charge in [-0.05, 0) is 81.2 Å². The van der Waals surface area contributed by atoms with E-state index in [1.807, 2.05) is 73.7 Å². The lowest BCUT2D eigenvalue weighted by Crippen LogP contribution is -2.18. The van der Waals surface area contributed by atoms with Gasteiger partial charge in [-0.25, -0.2) is 4.57 Å². The molecule has 0 saturated carbocycles. The van der Waals surface area contributed by atoms with Gasteiger partial charge in [0.25, 0.3) is 0 Å². The second-order valence-electron chi connectivity index (χ2n) is 10.3. The fourth-order valence-electron chi connectivity index (χ4n) is 5.51. The summed E-state index contributed by atoms with van der Waals surface area (Å²) in [5.74, 6) is 0.121. The van der Waals surface area contributed by atoms with Gasteiger partial charge in [0, 0.05) is 5.69 Å². The maximum absolute atomic E-state index is 15.3. The Labute approximate surface area is 239 Å². The second kappa shape index (κ2) is 10.3. The molecule has 4 nitrogen and oxygen atoms in total. The van der Waals surface area contributed by atoms with Gasteiger partial charge in [-0.2, -0.15) is 0 Å². The van der Waals surface area contributed by atoms with Crippen LogP contribution in [0.1, 0.15) is 16.9 Å². The molecule has 0 saturated heterocycles. The molecular weight excluding hydrogens is 525 g/mol. The first kappa shape index (κ1) is 25.2. The Bertz CT molecular complexity index is 1950. The lowest BCUT2D eigenvalue weighted by molar-refractivity contribution is 0.376. The van der Waals surface area contributed by atoms with Gasteiger partial charge in [0.05, 0.1) is 0 Å². The normalized spacial score (nSPS) is 12.5. The lowest BCUT2D eigenvalue weighted by atomic mass is 9.92. The predicted octanol–water partition coefficient (Wildman–Crippen LogP) is 10.4. The van der Waals surface area contributed by atoms with E-state index in [1.165, 1.54) is 16.2 Å². The number of hydrogen-bond donors (Lipinski definition) is 1. The van der Waals surface area contributed by atoms with Gasteiger partial charge in [-0.3, -0.25) is 0 Å². The van der Waals surface area contributed by atoms with Gasteiger partial charge in [0.2, 0.25) is 0 Å². The van der Waals surface area contributed by atoms with E-state index >= 15 is 4.57 Å². The summed E-state index contributed by atoms with van der Waals surface area (Å²) in [6, 6.07) is 45.6. The zero-order chi connectivity index (χ0) is 27.8. The van der Waals surface area contributed by atoms with Crippen LogP contribution in [0.2, 0.25) is 0 Å². The van der Waals surface area contributed by atoms with Crippen molar-refractivity contribution < 1.29 is 13.6 Å². The van der Waals surface area contributed by atoms with Crippen LogP contribution in [0.15, 0.2) is 140 Å². The molecule has 1 N–H and O–H groups in total. The Morgan fingerprint density at radius 2 is 1.10 bits per heavy atom. The summed E-state index contributed by atoms with van der Waals surface area (Å²) in [4.78, 5) is 0. The molecule has 1 unspecified atom stereocenters. The summed E-state index contributed by atoms with van der Waals surface area (Å²) < 4.78 is 28.0. The fraction of sp³-hybridized carbons (Fsp3) is 0.0556. The molecule has 0 aliphatic heterocycles. The summed E-state index contributed by atoms with van der Waals surface area (Å²) in [7, 11) is -3.98.